The molecule has 2 nitrogen and oxygen atoms in total. The number of para-hydroxylation sites is 2. The van der Waals surface area contributed by atoms with Crippen molar-refractivity contribution in [3.8, 4) is 33.4 Å². The molecule has 0 saturated heterocycles. The monoisotopic (exact) mass is 762 g/mol. The fraction of sp³-hybridized carbons (Fsp3) is 0.250. The lowest BCUT2D eigenvalue weighted by molar-refractivity contribution is 0.332. The van der Waals surface area contributed by atoms with Crippen LogP contribution in [0.25, 0.3) is 33.4 Å². The fourth-order valence-electron chi connectivity index (χ4n) is 12.2. The first-order valence-electron chi connectivity index (χ1n) is 21.8. The normalized spacial score (nSPS) is 18.5. The highest BCUT2D eigenvalue weighted by atomic mass is 15.2. The van der Waals surface area contributed by atoms with E-state index in [1.807, 2.05) is 0 Å². The predicted molar refractivity (Wildman–Crippen MR) is 251 cm³/mol. The van der Waals surface area contributed by atoms with Crippen LogP contribution in [0.2, 0.25) is 0 Å². The smallest absolute Gasteiger partial charge is 0.333 e. The van der Waals surface area contributed by atoms with Gasteiger partial charge in [-0.1, -0.05) is 159 Å². The zero-order valence-corrected chi connectivity index (χ0v) is 35.7. The van der Waals surface area contributed by atoms with Crippen LogP contribution < -0.4 is 20.6 Å². The van der Waals surface area contributed by atoms with Crippen LogP contribution in [0.15, 0.2) is 140 Å². The van der Waals surface area contributed by atoms with E-state index in [9.17, 15) is 0 Å². The molecular weight excluding hydrogens is 711 g/mol. The molecule has 0 aromatic heterocycles. The van der Waals surface area contributed by atoms with Gasteiger partial charge in [-0.2, -0.15) is 0 Å². The lowest BCUT2D eigenvalue weighted by Gasteiger charge is -2.52. The Balaban J connectivity index is 1.25. The minimum Gasteiger partial charge on any atom is -0.376 e. The summed E-state index contributed by atoms with van der Waals surface area (Å²) < 4.78 is 0. The van der Waals surface area contributed by atoms with Crippen LogP contribution in [-0.2, 0) is 21.7 Å². The van der Waals surface area contributed by atoms with Crippen LogP contribution in [0.3, 0.4) is 0 Å². The second kappa shape index (κ2) is 11.5. The molecule has 3 aliphatic heterocycles. The van der Waals surface area contributed by atoms with E-state index in [0.717, 1.165) is 0 Å². The maximum atomic E-state index is 2.75. The lowest BCUT2D eigenvalue weighted by atomic mass is 9.42. The highest BCUT2D eigenvalue weighted by Crippen LogP contribution is 2.61. The average Bonchev–Trinajstić information content (AvgIpc) is 3.47. The summed E-state index contributed by atoms with van der Waals surface area (Å²) in [7, 11) is 0. The number of fused-ring (bicyclic) bond motifs is 11. The van der Waals surface area contributed by atoms with Crippen molar-refractivity contribution in [3.63, 3.8) is 0 Å². The third-order valence-electron chi connectivity index (χ3n) is 15.5. The average molecular weight is 763 g/mol. The van der Waals surface area contributed by atoms with Gasteiger partial charge in [0, 0.05) is 39.1 Å². The van der Waals surface area contributed by atoms with E-state index in [4.69, 9.17) is 0 Å². The van der Waals surface area contributed by atoms with Crippen LogP contribution in [0.1, 0.15) is 102 Å². The molecule has 7 aromatic rings. The number of benzene rings is 7. The van der Waals surface area contributed by atoms with E-state index in [0.29, 0.717) is 0 Å². The van der Waals surface area contributed by atoms with Crippen molar-refractivity contribution >= 4 is 46.2 Å². The molecular formula is C56H51BN2. The van der Waals surface area contributed by atoms with Gasteiger partial charge in [0.25, 0.3) is 0 Å². The van der Waals surface area contributed by atoms with Crippen LogP contribution >= 0.6 is 0 Å². The van der Waals surface area contributed by atoms with Crippen molar-refractivity contribution in [3.05, 3.63) is 173 Å². The molecule has 7 aromatic carbocycles. The molecule has 0 amide bonds. The third kappa shape index (κ3) is 4.49. The SMILES string of the molecule is CC1(C)CCC(C)(C)c2cc3c(cc21)-c1cc2c(c4c1B(c1cccc5c1N4c1ccccc1C5(C)C)N3c1ccc(-c3ccccc3)cc1)C(C)(C)c1ccccc1-2. The van der Waals surface area contributed by atoms with Gasteiger partial charge in [-0.3, -0.25) is 0 Å². The molecule has 0 unspecified atom stereocenters. The molecule has 12 rings (SSSR count). The lowest BCUT2D eigenvalue weighted by Crippen LogP contribution is -2.63. The summed E-state index contributed by atoms with van der Waals surface area (Å²) in [5, 5.41) is 0. The number of nitrogens with zero attached hydrogens (tertiary/aromatic N) is 2. The van der Waals surface area contributed by atoms with Crippen LogP contribution in [0.4, 0.5) is 28.4 Å². The Hall–Kier alpha value is -5.80. The predicted octanol–water partition coefficient (Wildman–Crippen LogP) is 13.4. The zero-order valence-electron chi connectivity index (χ0n) is 35.7. The van der Waals surface area contributed by atoms with Gasteiger partial charge in [-0.25, -0.2) is 0 Å². The van der Waals surface area contributed by atoms with Crippen molar-refractivity contribution in [2.24, 2.45) is 0 Å². The minimum atomic E-state index is -0.209. The van der Waals surface area contributed by atoms with Gasteiger partial charge < -0.3 is 9.71 Å². The van der Waals surface area contributed by atoms with Gasteiger partial charge in [0.15, 0.2) is 0 Å². The minimum absolute atomic E-state index is 0.0371. The summed E-state index contributed by atoms with van der Waals surface area (Å²) in [4.78, 5) is 5.47. The van der Waals surface area contributed by atoms with Gasteiger partial charge in [0.2, 0.25) is 0 Å². The maximum Gasteiger partial charge on any atom is 0.333 e. The van der Waals surface area contributed by atoms with Gasteiger partial charge in [-0.05, 0) is 132 Å². The third-order valence-corrected chi connectivity index (χ3v) is 15.5. The largest absolute Gasteiger partial charge is 0.376 e. The van der Waals surface area contributed by atoms with E-state index in [-0.39, 0.29) is 28.5 Å². The summed E-state index contributed by atoms with van der Waals surface area (Å²) in [6.07, 6.45) is 2.36. The van der Waals surface area contributed by atoms with Crippen molar-refractivity contribution in [1.82, 2.24) is 0 Å². The highest BCUT2D eigenvalue weighted by molar-refractivity contribution is 6.93. The Morgan fingerprint density at radius 1 is 0.441 bits per heavy atom. The van der Waals surface area contributed by atoms with Crippen LogP contribution in [-0.4, -0.2) is 6.85 Å². The molecule has 5 aliphatic rings. The first-order chi connectivity index (χ1) is 28.3. The number of rotatable bonds is 2. The Morgan fingerprint density at radius 2 is 1.07 bits per heavy atom. The standard InChI is InChI=1S/C56H51BN2/c1-53(2)29-30-54(3,4)45-33-48-38(32-44(45)53)40-31-39-37-19-12-13-20-41(37)56(7,8)49(39)52-50(40)57(59(48)36-27-25-35(26-28-36)34-17-10-9-11-18-34)46-23-16-22-43-51(46)58(52)47-24-15-14-21-42(47)55(43,5)6/h9-28,31-33H,29-30H2,1-8H3. The molecule has 288 valence electrons. The van der Waals surface area contributed by atoms with Crippen LogP contribution in [0.5, 0.6) is 0 Å². The Kier molecular flexibility index (Phi) is 6.84. The molecule has 0 bridgehead atoms. The van der Waals surface area contributed by atoms with Gasteiger partial charge in [0.1, 0.15) is 0 Å². The molecule has 0 N–H and O–H groups in total. The first-order valence-corrected chi connectivity index (χ1v) is 21.8. The Labute approximate surface area is 350 Å². The molecule has 0 atom stereocenters. The summed E-state index contributed by atoms with van der Waals surface area (Å²) >= 11 is 0. The summed E-state index contributed by atoms with van der Waals surface area (Å²) in [5.74, 6) is 0. The van der Waals surface area contributed by atoms with Crippen molar-refractivity contribution in [2.75, 3.05) is 9.71 Å². The van der Waals surface area contributed by atoms with E-state index in [1.165, 1.54) is 119 Å². The van der Waals surface area contributed by atoms with Crippen molar-refractivity contribution in [1.29, 1.82) is 0 Å². The zero-order chi connectivity index (χ0) is 40.4. The molecule has 0 saturated carbocycles. The van der Waals surface area contributed by atoms with Gasteiger partial charge in [0.05, 0.1) is 5.69 Å². The fourth-order valence-corrected chi connectivity index (χ4v) is 12.2. The summed E-state index contributed by atoms with van der Waals surface area (Å²) in [6.45, 7) is 19.6. The Morgan fingerprint density at radius 3 is 1.81 bits per heavy atom. The summed E-state index contributed by atoms with van der Waals surface area (Å²) in [5.41, 5.74) is 25.7. The number of hydrogen-bond acceptors (Lipinski definition) is 2. The van der Waals surface area contributed by atoms with Gasteiger partial charge in [-0.15, -0.1) is 0 Å². The maximum absolute atomic E-state index is 2.75. The summed E-state index contributed by atoms with van der Waals surface area (Å²) in [6, 6.07) is 53.8. The Bertz CT molecular complexity index is 2950. The second-order valence-corrected chi connectivity index (χ2v) is 20.4. The van der Waals surface area contributed by atoms with Gasteiger partial charge >= 0.3 is 6.85 Å². The van der Waals surface area contributed by atoms with Crippen LogP contribution in [0, 0.1) is 0 Å². The number of anilines is 5. The van der Waals surface area contributed by atoms with Crippen molar-refractivity contribution in [2.45, 2.75) is 89.9 Å². The van der Waals surface area contributed by atoms with E-state index < -0.39 is 0 Å². The van der Waals surface area contributed by atoms with E-state index in [1.54, 1.807) is 0 Å². The molecule has 0 fully saturated rings. The van der Waals surface area contributed by atoms with Crippen molar-refractivity contribution < 1.29 is 0 Å². The van der Waals surface area contributed by atoms with E-state index >= 15 is 0 Å². The second-order valence-electron chi connectivity index (χ2n) is 20.4. The first kappa shape index (κ1) is 35.2. The molecule has 3 heterocycles. The highest BCUT2D eigenvalue weighted by Gasteiger charge is 2.53. The molecule has 2 aliphatic carbocycles. The van der Waals surface area contributed by atoms with E-state index in [2.05, 4.69) is 205 Å². The number of hydrogen-bond donors (Lipinski definition) is 0. The molecule has 0 spiro atoms. The quantitative estimate of drug-likeness (QED) is 0.162. The topological polar surface area (TPSA) is 6.48 Å². The molecule has 3 heteroatoms. The molecule has 0 radical (unpaired) electrons. The molecule has 59 heavy (non-hydrogen) atoms.